The summed E-state index contributed by atoms with van der Waals surface area (Å²) in [6, 6.07) is 4.46. The van der Waals surface area contributed by atoms with Crippen LogP contribution in [0.3, 0.4) is 0 Å². The molecule has 4 nitrogen and oxygen atoms in total. The predicted molar refractivity (Wildman–Crippen MR) is 72.6 cm³/mol. The lowest BCUT2D eigenvalue weighted by Gasteiger charge is -2.22. The number of piperidine rings is 1. The topological polar surface area (TPSA) is 58.2 Å². The van der Waals surface area contributed by atoms with Crippen LogP contribution in [0, 0.1) is 0 Å². The quantitative estimate of drug-likeness (QED) is 0.872. The smallest absolute Gasteiger partial charge is 0.251 e. The molecule has 1 aromatic carbocycles. The fourth-order valence-corrected chi connectivity index (χ4v) is 2.29. The molecule has 6 heteroatoms. The molecule has 2 rings (SSSR count). The number of benzene rings is 1. The summed E-state index contributed by atoms with van der Waals surface area (Å²) < 4.78 is 0.657. The van der Waals surface area contributed by atoms with E-state index >= 15 is 0 Å². The van der Waals surface area contributed by atoms with E-state index in [-0.39, 0.29) is 11.8 Å². The summed E-state index contributed by atoms with van der Waals surface area (Å²) >= 11 is 9.12. The Morgan fingerprint density at radius 2 is 2.28 bits per heavy atom. The molecule has 0 aliphatic carbocycles. The molecule has 1 saturated heterocycles. The lowest BCUT2D eigenvalue weighted by Crippen LogP contribution is -2.50. The third-order valence-corrected chi connectivity index (χ3v) is 3.99. The summed E-state index contributed by atoms with van der Waals surface area (Å²) in [7, 11) is 0. The van der Waals surface area contributed by atoms with Gasteiger partial charge in [-0.1, -0.05) is 11.6 Å². The van der Waals surface area contributed by atoms with Gasteiger partial charge in [-0.25, -0.2) is 0 Å². The predicted octanol–water partition coefficient (Wildman–Crippen LogP) is 2.11. The van der Waals surface area contributed by atoms with Gasteiger partial charge in [0.25, 0.3) is 5.91 Å². The number of hydrogen-bond donors (Lipinski definition) is 2. The van der Waals surface area contributed by atoms with Crippen LogP contribution in [-0.2, 0) is 4.79 Å². The molecular weight excluding hydrogens is 320 g/mol. The van der Waals surface area contributed by atoms with Gasteiger partial charge in [-0.2, -0.15) is 0 Å². The van der Waals surface area contributed by atoms with E-state index < -0.39 is 6.04 Å². The molecular formula is C12H12BrClN2O2. The van der Waals surface area contributed by atoms with Crippen LogP contribution >= 0.6 is 27.5 Å². The second kappa shape index (κ2) is 5.71. The van der Waals surface area contributed by atoms with E-state index in [9.17, 15) is 9.59 Å². The monoisotopic (exact) mass is 330 g/mol. The maximum absolute atomic E-state index is 12.0. The summed E-state index contributed by atoms with van der Waals surface area (Å²) in [5, 5.41) is 5.99. The van der Waals surface area contributed by atoms with Gasteiger partial charge in [0.2, 0.25) is 5.91 Å². The van der Waals surface area contributed by atoms with Gasteiger partial charge >= 0.3 is 0 Å². The summed E-state index contributed by atoms with van der Waals surface area (Å²) in [6.07, 6.45) is 1.55. The largest absolute Gasteiger partial charge is 0.354 e. The van der Waals surface area contributed by atoms with E-state index in [0.717, 1.165) is 6.42 Å². The Hall–Kier alpha value is -1.07. The molecule has 0 saturated carbocycles. The van der Waals surface area contributed by atoms with Gasteiger partial charge in [-0.15, -0.1) is 0 Å². The Morgan fingerprint density at radius 3 is 2.94 bits per heavy atom. The van der Waals surface area contributed by atoms with Crippen molar-refractivity contribution in [2.75, 3.05) is 6.54 Å². The van der Waals surface area contributed by atoms with Gasteiger partial charge in [0.1, 0.15) is 6.04 Å². The zero-order valence-corrected chi connectivity index (χ0v) is 11.8. The van der Waals surface area contributed by atoms with Crippen molar-refractivity contribution in [3.63, 3.8) is 0 Å². The Kier molecular flexibility index (Phi) is 4.24. The van der Waals surface area contributed by atoms with Gasteiger partial charge in [-0.05, 0) is 47.0 Å². The van der Waals surface area contributed by atoms with Gasteiger partial charge in [-0.3, -0.25) is 9.59 Å². The number of nitrogens with one attached hydrogen (secondary N) is 2. The van der Waals surface area contributed by atoms with Crippen molar-refractivity contribution in [2.24, 2.45) is 0 Å². The molecule has 18 heavy (non-hydrogen) atoms. The molecule has 0 aromatic heterocycles. The lowest BCUT2D eigenvalue weighted by molar-refractivity contribution is -0.124. The first-order valence-electron chi connectivity index (χ1n) is 5.61. The molecule has 1 atom stereocenters. The van der Waals surface area contributed by atoms with Gasteiger partial charge in [0.15, 0.2) is 0 Å². The van der Waals surface area contributed by atoms with Crippen LogP contribution < -0.4 is 10.6 Å². The molecule has 1 fully saturated rings. The Bertz CT molecular complexity index is 493. The van der Waals surface area contributed by atoms with Crippen molar-refractivity contribution < 1.29 is 9.59 Å². The van der Waals surface area contributed by atoms with Crippen LogP contribution in [0.4, 0.5) is 0 Å². The van der Waals surface area contributed by atoms with Crippen LogP contribution in [0.15, 0.2) is 22.7 Å². The summed E-state index contributed by atoms with van der Waals surface area (Å²) in [5.41, 5.74) is 0.477. The SMILES string of the molecule is O=C(NC1CCCNC1=O)c1ccc(Cl)c(Br)c1. The number of rotatable bonds is 2. The molecule has 1 heterocycles. The van der Waals surface area contributed by atoms with Gasteiger partial charge < -0.3 is 10.6 Å². The summed E-state index contributed by atoms with van der Waals surface area (Å²) in [5.74, 6) is -0.392. The first-order valence-corrected chi connectivity index (χ1v) is 6.78. The number of halogens is 2. The Labute approximate surface area is 118 Å². The molecule has 2 N–H and O–H groups in total. The standard InChI is InChI=1S/C12H12BrClN2O2/c13-8-6-7(3-4-9(8)14)11(17)16-10-2-1-5-15-12(10)18/h3-4,6,10H,1-2,5H2,(H,15,18)(H,16,17). The number of carbonyl (C=O) groups excluding carboxylic acids is 2. The fourth-order valence-electron chi connectivity index (χ4n) is 1.79. The minimum absolute atomic E-state index is 0.123. The average Bonchev–Trinajstić information content (AvgIpc) is 2.35. The van der Waals surface area contributed by atoms with Gasteiger partial charge in [0, 0.05) is 16.6 Å². The third kappa shape index (κ3) is 3.03. The molecule has 2 amide bonds. The maximum atomic E-state index is 12.0. The second-order valence-corrected chi connectivity index (χ2v) is 5.35. The summed E-state index contributed by atoms with van der Waals surface area (Å²) in [4.78, 5) is 23.5. The van der Waals surface area contributed by atoms with Crippen LogP contribution in [0.5, 0.6) is 0 Å². The molecule has 0 bridgehead atoms. The van der Waals surface area contributed by atoms with E-state index in [1.54, 1.807) is 18.2 Å². The zero-order valence-electron chi connectivity index (χ0n) is 9.50. The highest BCUT2D eigenvalue weighted by molar-refractivity contribution is 9.10. The first-order chi connectivity index (χ1) is 8.58. The molecule has 1 aliphatic heterocycles. The molecule has 96 valence electrons. The molecule has 0 radical (unpaired) electrons. The van der Waals surface area contributed by atoms with Crippen LogP contribution in [0.1, 0.15) is 23.2 Å². The second-order valence-electron chi connectivity index (χ2n) is 4.09. The van der Waals surface area contributed by atoms with Crippen molar-refractivity contribution in [1.29, 1.82) is 0 Å². The minimum atomic E-state index is -0.444. The van der Waals surface area contributed by atoms with Crippen LogP contribution in [0.25, 0.3) is 0 Å². The van der Waals surface area contributed by atoms with E-state index in [4.69, 9.17) is 11.6 Å². The average molecular weight is 332 g/mol. The molecule has 1 aromatic rings. The van der Waals surface area contributed by atoms with Crippen LogP contribution in [-0.4, -0.2) is 24.4 Å². The Balaban J connectivity index is 2.07. The van der Waals surface area contributed by atoms with Crippen molar-refractivity contribution in [1.82, 2.24) is 10.6 Å². The molecule has 1 aliphatic rings. The maximum Gasteiger partial charge on any atom is 0.251 e. The number of hydrogen-bond acceptors (Lipinski definition) is 2. The summed E-state index contributed by atoms with van der Waals surface area (Å²) in [6.45, 7) is 0.678. The number of carbonyl (C=O) groups is 2. The minimum Gasteiger partial charge on any atom is -0.354 e. The van der Waals surface area contributed by atoms with Crippen molar-refractivity contribution in [3.8, 4) is 0 Å². The van der Waals surface area contributed by atoms with E-state index in [2.05, 4.69) is 26.6 Å². The van der Waals surface area contributed by atoms with Crippen molar-refractivity contribution in [3.05, 3.63) is 33.3 Å². The number of amides is 2. The van der Waals surface area contributed by atoms with E-state index in [0.29, 0.717) is 28.0 Å². The fraction of sp³-hybridized carbons (Fsp3) is 0.333. The molecule has 1 unspecified atom stereocenters. The van der Waals surface area contributed by atoms with Crippen molar-refractivity contribution in [2.45, 2.75) is 18.9 Å². The highest BCUT2D eigenvalue weighted by Gasteiger charge is 2.24. The van der Waals surface area contributed by atoms with E-state index in [1.807, 2.05) is 0 Å². The Morgan fingerprint density at radius 1 is 1.50 bits per heavy atom. The van der Waals surface area contributed by atoms with E-state index in [1.165, 1.54) is 0 Å². The highest BCUT2D eigenvalue weighted by Crippen LogP contribution is 2.23. The normalized spacial score (nSPS) is 19.2. The zero-order chi connectivity index (χ0) is 13.1. The first kappa shape index (κ1) is 13.4. The van der Waals surface area contributed by atoms with Crippen molar-refractivity contribution >= 4 is 39.3 Å². The highest BCUT2D eigenvalue weighted by atomic mass is 79.9. The van der Waals surface area contributed by atoms with Gasteiger partial charge in [0.05, 0.1) is 5.02 Å². The molecule has 0 spiro atoms. The van der Waals surface area contributed by atoms with Crippen LogP contribution in [0.2, 0.25) is 5.02 Å². The lowest BCUT2D eigenvalue weighted by atomic mass is 10.1. The third-order valence-electron chi connectivity index (χ3n) is 2.77.